The van der Waals surface area contributed by atoms with Crippen LogP contribution in [0.2, 0.25) is 5.02 Å². The van der Waals surface area contributed by atoms with Crippen LogP contribution in [-0.4, -0.2) is 45.9 Å². The predicted octanol–water partition coefficient (Wildman–Crippen LogP) is 4.50. The molecule has 0 spiro atoms. The number of halogens is 4. The standard InChI is InChI=1S/C21H24ClF3N4O4/c1-20(2,3)33-19(31)28-8-7-15-13(10-28)18(21(23,24)25)27-29(15)11-17(30)26-14-9-12(22)5-6-16(14)32-4/h5-6,9H,7-8,10-11H2,1-4H3,(H,26,30). The number of ether oxygens (including phenoxy) is 2. The summed E-state index contributed by atoms with van der Waals surface area (Å²) in [5, 5.41) is 6.60. The Labute approximate surface area is 193 Å². The van der Waals surface area contributed by atoms with Gasteiger partial charge in [0, 0.05) is 29.2 Å². The highest BCUT2D eigenvalue weighted by molar-refractivity contribution is 6.31. The van der Waals surface area contributed by atoms with Crippen molar-refractivity contribution in [1.29, 1.82) is 0 Å². The number of carbonyl (C=O) groups excluding carboxylic acids is 2. The summed E-state index contributed by atoms with van der Waals surface area (Å²) in [6.45, 7) is 4.38. The molecule has 0 fully saturated rings. The van der Waals surface area contributed by atoms with Gasteiger partial charge in [-0.25, -0.2) is 4.79 Å². The maximum atomic E-state index is 13.7. The summed E-state index contributed by atoms with van der Waals surface area (Å²) in [5.41, 5.74) is -1.53. The number of nitrogens with one attached hydrogen (secondary N) is 1. The Morgan fingerprint density at radius 3 is 2.55 bits per heavy atom. The minimum atomic E-state index is -4.75. The van der Waals surface area contributed by atoms with Crippen molar-refractivity contribution in [2.45, 2.75) is 52.1 Å². The van der Waals surface area contributed by atoms with E-state index in [0.717, 1.165) is 4.68 Å². The average Bonchev–Trinajstić information content (AvgIpc) is 3.05. The van der Waals surface area contributed by atoms with E-state index < -0.39 is 36.0 Å². The quantitative estimate of drug-likeness (QED) is 0.685. The maximum Gasteiger partial charge on any atom is 0.435 e. The second-order valence-electron chi connectivity index (χ2n) is 8.47. The monoisotopic (exact) mass is 488 g/mol. The molecule has 1 aliphatic rings. The van der Waals surface area contributed by atoms with Crippen LogP contribution in [0.25, 0.3) is 0 Å². The first kappa shape index (κ1) is 24.7. The minimum Gasteiger partial charge on any atom is -0.495 e. The summed E-state index contributed by atoms with van der Waals surface area (Å²) in [6, 6.07) is 4.60. The SMILES string of the molecule is COc1ccc(Cl)cc1NC(=O)Cn1nc(C(F)(F)F)c2c1CCN(C(=O)OC(C)(C)C)C2. The van der Waals surface area contributed by atoms with E-state index >= 15 is 0 Å². The fourth-order valence-electron chi connectivity index (χ4n) is 3.44. The van der Waals surface area contributed by atoms with Crippen molar-refractivity contribution in [3.05, 3.63) is 40.2 Å². The molecular weight excluding hydrogens is 465 g/mol. The predicted molar refractivity (Wildman–Crippen MR) is 114 cm³/mol. The molecule has 2 aromatic rings. The molecule has 12 heteroatoms. The van der Waals surface area contributed by atoms with Crippen LogP contribution >= 0.6 is 11.6 Å². The van der Waals surface area contributed by atoms with Gasteiger partial charge in [0.1, 0.15) is 17.9 Å². The summed E-state index contributed by atoms with van der Waals surface area (Å²) >= 11 is 5.95. The molecule has 0 aliphatic carbocycles. The molecule has 1 aliphatic heterocycles. The zero-order valence-corrected chi connectivity index (χ0v) is 19.3. The van der Waals surface area contributed by atoms with Gasteiger partial charge in [0.15, 0.2) is 5.69 Å². The third-order valence-corrected chi connectivity index (χ3v) is 5.02. The molecule has 1 N–H and O–H groups in total. The van der Waals surface area contributed by atoms with Crippen LogP contribution in [0.1, 0.15) is 37.7 Å². The number of carbonyl (C=O) groups is 2. The summed E-state index contributed by atoms with van der Waals surface area (Å²) in [6.07, 6.45) is -5.37. The molecule has 2 amide bonds. The van der Waals surface area contributed by atoms with Gasteiger partial charge < -0.3 is 19.7 Å². The number of amides is 2. The first-order chi connectivity index (χ1) is 15.3. The maximum absolute atomic E-state index is 13.7. The van der Waals surface area contributed by atoms with Crippen molar-refractivity contribution in [2.24, 2.45) is 0 Å². The lowest BCUT2D eigenvalue weighted by Gasteiger charge is -2.30. The Balaban J connectivity index is 1.85. The van der Waals surface area contributed by atoms with E-state index in [2.05, 4.69) is 10.4 Å². The molecule has 180 valence electrons. The smallest absolute Gasteiger partial charge is 0.435 e. The van der Waals surface area contributed by atoms with E-state index in [1.165, 1.54) is 18.1 Å². The molecule has 0 saturated carbocycles. The highest BCUT2D eigenvalue weighted by Crippen LogP contribution is 2.35. The van der Waals surface area contributed by atoms with Crippen molar-refractivity contribution in [1.82, 2.24) is 14.7 Å². The van der Waals surface area contributed by atoms with E-state index in [1.54, 1.807) is 32.9 Å². The van der Waals surface area contributed by atoms with Gasteiger partial charge in [-0.1, -0.05) is 11.6 Å². The Bertz CT molecular complexity index is 1060. The van der Waals surface area contributed by atoms with Gasteiger partial charge in [-0.3, -0.25) is 9.48 Å². The third kappa shape index (κ3) is 5.89. The zero-order chi connectivity index (χ0) is 24.6. The molecule has 2 heterocycles. The molecule has 8 nitrogen and oxygen atoms in total. The number of methoxy groups -OCH3 is 1. The molecule has 0 unspecified atom stereocenters. The van der Waals surface area contributed by atoms with Crippen molar-refractivity contribution in [3.8, 4) is 5.75 Å². The van der Waals surface area contributed by atoms with Crippen LogP contribution in [0, 0.1) is 0 Å². The van der Waals surface area contributed by atoms with Crippen LogP contribution in [-0.2, 0) is 35.2 Å². The Morgan fingerprint density at radius 1 is 1.24 bits per heavy atom. The number of benzene rings is 1. The fourth-order valence-corrected chi connectivity index (χ4v) is 3.61. The highest BCUT2D eigenvalue weighted by Gasteiger charge is 2.41. The van der Waals surface area contributed by atoms with Crippen LogP contribution in [0.3, 0.4) is 0 Å². The van der Waals surface area contributed by atoms with Crippen molar-refractivity contribution < 1.29 is 32.2 Å². The van der Waals surface area contributed by atoms with Gasteiger partial charge in [0.2, 0.25) is 5.91 Å². The number of hydrogen-bond donors (Lipinski definition) is 1. The fraction of sp³-hybridized carbons (Fsp3) is 0.476. The van der Waals surface area contributed by atoms with E-state index in [9.17, 15) is 22.8 Å². The van der Waals surface area contributed by atoms with Crippen LogP contribution < -0.4 is 10.1 Å². The molecule has 0 atom stereocenters. The number of aromatic nitrogens is 2. The number of anilines is 1. The van der Waals surface area contributed by atoms with Crippen LogP contribution in [0.15, 0.2) is 18.2 Å². The number of hydrogen-bond acceptors (Lipinski definition) is 5. The highest BCUT2D eigenvalue weighted by atomic mass is 35.5. The Hall–Kier alpha value is -2.95. The minimum absolute atomic E-state index is 0.0887. The third-order valence-electron chi connectivity index (χ3n) is 4.78. The molecule has 1 aromatic carbocycles. The van der Waals surface area contributed by atoms with Gasteiger partial charge in [0.25, 0.3) is 0 Å². The Morgan fingerprint density at radius 2 is 1.94 bits per heavy atom. The lowest BCUT2D eigenvalue weighted by molar-refractivity contribution is -0.142. The molecule has 0 bridgehead atoms. The number of nitrogens with zero attached hydrogens (tertiary/aromatic N) is 3. The second kappa shape index (κ2) is 9.12. The summed E-state index contributed by atoms with van der Waals surface area (Å²) in [7, 11) is 1.41. The average molecular weight is 489 g/mol. The molecule has 3 rings (SSSR count). The number of alkyl halides is 3. The number of fused-ring (bicyclic) bond motifs is 1. The van der Waals surface area contributed by atoms with Gasteiger partial charge in [0.05, 0.1) is 19.3 Å². The van der Waals surface area contributed by atoms with E-state index in [-0.39, 0.29) is 36.5 Å². The topological polar surface area (TPSA) is 85.7 Å². The normalized spacial score (nSPS) is 14.0. The first-order valence-corrected chi connectivity index (χ1v) is 10.4. The lowest BCUT2D eigenvalue weighted by atomic mass is 10.1. The summed E-state index contributed by atoms with van der Waals surface area (Å²) in [5.74, 6) is -0.261. The van der Waals surface area contributed by atoms with Crippen molar-refractivity contribution in [3.63, 3.8) is 0 Å². The van der Waals surface area contributed by atoms with Crippen molar-refractivity contribution in [2.75, 3.05) is 19.0 Å². The molecule has 33 heavy (non-hydrogen) atoms. The molecule has 0 saturated heterocycles. The van der Waals surface area contributed by atoms with Crippen LogP contribution in [0.5, 0.6) is 5.75 Å². The van der Waals surface area contributed by atoms with E-state index in [4.69, 9.17) is 21.1 Å². The van der Waals surface area contributed by atoms with Crippen LogP contribution in [0.4, 0.5) is 23.7 Å². The molecule has 1 aromatic heterocycles. The van der Waals surface area contributed by atoms with Gasteiger partial charge >= 0.3 is 12.3 Å². The Kier molecular flexibility index (Phi) is 6.83. The number of rotatable bonds is 4. The van der Waals surface area contributed by atoms with E-state index in [0.29, 0.717) is 10.8 Å². The molecular formula is C21H24ClF3N4O4. The summed E-state index contributed by atoms with van der Waals surface area (Å²) < 4.78 is 52.5. The lowest BCUT2D eigenvalue weighted by Crippen LogP contribution is -2.40. The van der Waals surface area contributed by atoms with Gasteiger partial charge in [-0.2, -0.15) is 18.3 Å². The van der Waals surface area contributed by atoms with Gasteiger partial charge in [-0.15, -0.1) is 0 Å². The first-order valence-electron chi connectivity index (χ1n) is 10.1. The van der Waals surface area contributed by atoms with Crippen molar-refractivity contribution >= 4 is 29.3 Å². The van der Waals surface area contributed by atoms with Gasteiger partial charge in [-0.05, 0) is 39.0 Å². The molecule has 0 radical (unpaired) electrons. The zero-order valence-electron chi connectivity index (χ0n) is 18.5. The second-order valence-corrected chi connectivity index (χ2v) is 8.91. The summed E-state index contributed by atoms with van der Waals surface area (Å²) in [4.78, 5) is 26.2. The van der Waals surface area contributed by atoms with E-state index in [1.807, 2.05) is 0 Å². The largest absolute Gasteiger partial charge is 0.495 e.